The van der Waals surface area contributed by atoms with Gasteiger partial charge in [-0.25, -0.2) is 14.0 Å². The van der Waals surface area contributed by atoms with Crippen molar-refractivity contribution in [3.63, 3.8) is 0 Å². The predicted octanol–water partition coefficient (Wildman–Crippen LogP) is 9.52. The van der Waals surface area contributed by atoms with Gasteiger partial charge in [-0.1, -0.05) is 71.8 Å². The van der Waals surface area contributed by atoms with E-state index in [9.17, 15) is 33.2 Å². The SMILES string of the molecule is C=C1CCCC(N2Cc3cc(CNC(=O)Nc4ccc(F)c(Cl)c4)ccc3C2=O)C(=O)C1.C=C1CCCC(N2Cc3cc(CNC(=O)Nc4ccc(OC)c(Cl)c4)ccc3C2=O)C(=O)C1. The van der Waals surface area contributed by atoms with E-state index in [0.29, 0.717) is 78.6 Å². The van der Waals surface area contributed by atoms with Crippen LogP contribution in [0.2, 0.25) is 10.0 Å². The van der Waals surface area contributed by atoms with Crippen LogP contribution in [0, 0.1) is 5.82 Å². The van der Waals surface area contributed by atoms with E-state index in [-0.39, 0.29) is 41.0 Å². The number of halogens is 3. The van der Waals surface area contributed by atoms with Gasteiger partial charge in [0.05, 0.1) is 29.2 Å². The molecule has 4 aliphatic rings. The van der Waals surface area contributed by atoms with Crippen LogP contribution in [0.1, 0.15) is 94.3 Å². The molecule has 0 saturated heterocycles. The van der Waals surface area contributed by atoms with Gasteiger partial charge in [-0.2, -0.15) is 0 Å². The summed E-state index contributed by atoms with van der Waals surface area (Å²) in [6.07, 6.45) is 5.35. The summed E-state index contributed by atoms with van der Waals surface area (Å²) in [5.74, 6) is -0.153. The maximum absolute atomic E-state index is 13.2. The standard InChI is InChI=1S/C25H26ClN3O4.C24H23ClFN3O3/c1-15-4-3-5-21(22(30)10-15)29-14-17-11-16(6-8-19(17)24(29)31)13-27-25(32)28-18-7-9-23(33-2)20(26)12-18;1-14-3-2-4-21(22(30)9-14)29-13-16-10-15(5-7-18(16)23(29)31)12-27-24(32)28-17-6-8-20(26)19(25)11-17/h6-9,11-12,21H,1,3-5,10,13-14H2,2H3,(H2,27,28,32);5-8,10-11,21H,1-4,9,12-13H2,(H2,27,28,32). The van der Waals surface area contributed by atoms with Crippen molar-refractivity contribution >= 4 is 70.0 Å². The molecule has 0 spiro atoms. The minimum absolute atomic E-state index is 0.0492. The zero-order chi connectivity index (χ0) is 46.4. The summed E-state index contributed by atoms with van der Waals surface area (Å²) in [4.78, 5) is 78.9. The van der Waals surface area contributed by atoms with E-state index >= 15 is 0 Å². The third kappa shape index (κ3) is 11.2. The van der Waals surface area contributed by atoms with Gasteiger partial charge >= 0.3 is 12.1 Å². The van der Waals surface area contributed by atoms with Crippen LogP contribution < -0.4 is 26.0 Å². The van der Waals surface area contributed by atoms with Crippen LogP contribution in [-0.4, -0.2) is 64.4 Å². The molecule has 13 nitrogen and oxygen atoms in total. The molecule has 4 aromatic rings. The summed E-state index contributed by atoms with van der Waals surface area (Å²) >= 11 is 11.8. The molecule has 2 atom stereocenters. The molecular weight excluding hydrogens is 874 g/mol. The first-order valence-electron chi connectivity index (χ1n) is 21.3. The number of ether oxygens (including phenoxy) is 1. The van der Waals surface area contributed by atoms with E-state index in [1.54, 1.807) is 46.2 Å². The Morgan fingerprint density at radius 1 is 0.677 bits per heavy atom. The highest BCUT2D eigenvalue weighted by atomic mass is 35.5. The average molecular weight is 924 g/mol. The fraction of sp³-hybridized carbons (Fsp3) is 0.306. The van der Waals surface area contributed by atoms with Crippen LogP contribution in [0.4, 0.5) is 25.4 Å². The number of allylic oxidation sites excluding steroid dienone is 2. The first kappa shape index (κ1) is 46.5. The number of benzene rings is 4. The molecule has 2 saturated carbocycles. The van der Waals surface area contributed by atoms with Gasteiger partial charge in [0.2, 0.25) is 0 Å². The smallest absolute Gasteiger partial charge is 0.319 e. The second-order valence-corrected chi connectivity index (χ2v) is 17.4. The number of nitrogens with one attached hydrogen (secondary N) is 4. The van der Waals surface area contributed by atoms with Gasteiger partial charge in [0, 0.05) is 61.5 Å². The highest BCUT2D eigenvalue weighted by molar-refractivity contribution is 6.32. The minimum Gasteiger partial charge on any atom is -0.495 e. The van der Waals surface area contributed by atoms with E-state index in [4.69, 9.17) is 27.9 Å². The number of rotatable bonds is 9. The van der Waals surface area contributed by atoms with Crippen LogP contribution in [-0.2, 0) is 35.8 Å². The zero-order valence-electron chi connectivity index (χ0n) is 35.9. The Bertz CT molecular complexity index is 2600. The second-order valence-electron chi connectivity index (χ2n) is 16.5. The molecule has 338 valence electrons. The number of ketones is 2. The lowest BCUT2D eigenvalue weighted by atomic mass is 10.1. The summed E-state index contributed by atoms with van der Waals surface area (Å²) in [6.45, 7) is 9.21. The molecular formula is C49H49Cl2FN6O7. The minimum atomic E-state index is -0.560. The van der Waals surface area contributed by atoms with Crippen molar-refractivity contribution in [2.45, 2.75) is 89.6 Å². The third-order valence-electron chi connectivity index (χ3n) is 11.9. The normalized spacial score (nSPS) is 18.2. The maximum Gasteiger partial charge on any atom is 0.319 e. The lowest BCUT2D eigenvalue weighted by Crippen LogP contribution is -2.40. The molecule has 2 aliphatic carbocycles. The summed E-state index contributed by atoms with van der Waals surface area (Å²) in [5.41, 5.74) is 7.41. The summed E-state index contributed by atoms with van der Waals surface area (Å²) in [7, 11) is 1.52. The number of carbonyl (C=O) groups excluding carboxylic acids is 6. The van der Waals surface area contributed by atoms with Crippen LogP contribution in [0.3, 0.4) is 0 Å². The number of carbonyl (C=O) groups is 6. The lowest BCUT2D eigenvalue weighted by Gasteiger charge is -2.25. The van der Waals surface area contributed by atoms with Crippen molar-refractivity contribution in [2.24, 2.45) is 0 Å². The number of nitrogens with zero attached hydrogens (tertiary/aromatic N) is 2. The maximum atomic E-state index is 13.2. The number of urea groups is 2. The van der Waals surface area contributed by atoms with Gasteiger partial charge in [0.15, 0.2) is 11.6 Å². The molecule has 6 amide bonds. The second kappa shape index (κ2) is 20.5. The van der Waals surface area contributed by atoms with Crippen molar-refractivity contribution in [3.8, 4) is 5.75 Å². The molecule has 8 rings (SSSR count). The monoisotopic (exact) mass is 922 g/mol. The summed E-state index contributed by atoms with van der Waals surface area (Å²) in [5, 5.41) is 11.2. The number of hydrogen-bond acceptors (Lipinski definition) is 7. The van der Waals surface area contributed by atoms with Gasteiger partial charge in [-0.3, -0.25) is 19.2 Å². The number of amides is 6. The number of anilines is 2. The van der Waals surface area contributed by atoms with E-state index in [1.807, 2.05) is 18.2 Å². The molecule has 0 aromatic heterocycles. The molecule has 65 heavy (non-hydrogen) atoms. The van der Waals surface area contributed by atoms with E-state index in [2.05, 4.69) is 34.4 Å². The summed E-state index contributed by atoms with van der Waals surface area (Å²) < 4.78 is 18.3. The molecule has 4 aromatic carbocycles. The van der Waals surface area contributed by atoms with Gasteiger partial charge < -0.3 is 35.8 Å². The van der Waals surface area contributed by atoms with Crippen molar-refractivity contribution in [3.05, 3.63) is 146 Å². The highest BCUT2D eigenvalue weighted by Gasteiger charge is 2.38. The van der Waals surface area contributed by atoms with E-state index in [0.717, 1.165) is 59.1 Å². The van der Waals surface area contributed by atoms with Gasteiger partial charge in [-0.15, -0.1) is 0 Å². The van der Waals surface area contributed by atoms with Crippen molar-refractivity contribution in [1.29, 1.82) is 0 Å². The Kier molecular flexibility index (Phi) is 14.7. The molecule has 0 bridgehead atoms. The lowest BCUT2D eigenvalue weighted by molar-refractivity contribution is -0.123. The van der Waals surface area contributed by atoms with Crippen LogP contribution in [0.5, 0.6) is 5.75 Å². The van der Waals surface area contributed by atoms with E-state index < -0.39 is 23.9 Å². The number of fused-ring (bicyclic) bond motifs is 2. The fourth-order valence-corrected chi connectivity index (χ4v) is 8.97. The molecule has 2 fully saturated rings. The Morgan fingerprint density at radius 2 is 1.14 bits per heavy atom. The number of methoxy groups -OCH3 is 1. The molecule has 16 heteroatoms. The van der Waals surface area contributed by atoms with Gasteiger partial charge in [-0.05, 0) is 109 Å². The van der Waals surface area contributed by atoms with Crippen molar-refractivity contribution in [1.82, 2.24) is 20.4 Å². The zero-order valence-corrected chi connectivity index (χ0v) is 37.4. The molecule has 4 N–H and O–H groups in total. The average Bonchev–Trinajstić information content (AvgIpc) is 3.63. The van der Waals surface area contributed by atoms with Crippen molar-refractivity contribution in [2.75, 3.05) is 17.7 Å². The number of Topliss-reactive ketones (excluding diaryl/α,β-unsaturated/α-hetero) is 2. The van der Waals surface area contributed by atoms with E-state index in [1.165, 1.54) is 25.3 Å². The first-order valence-corrected chi connectivity index (χ1v) is 22.1. The fourth-order valence-electron chi connectivity index (χ4n) is 8.53. The van der Waals surface area contributed by atoms with Crippen LogP contribution >= 0.6 is 23.2 Å². The van der Waals surface area contributed by atoms with Gasteiger partial charge in [0.25, 0.3) is 11.8 Å². The largest absolute Gasteiger partial charge is 0.495 e. The molecule has 2 aliphatic heterocycles. The number of hydrogen-bond donors (Lipinski definition) is 4. The predicted molar refractivity (Wildman–Crippen MR) is 247 cm³/mol. The first-order chi connectivity index (χ1) is 31.2. The molecule has 0 radical (unpaired) electrons. The molecule has 2 unspecified atom stereocenters. The Hall–Kier alpha value is -6.51. The molecule has 2 heterocycles. The van der Waals surface area contributed by atoms with Gasteiger partial charge in [0.1, 0.15) is 11.6 Å². The highest BCUT2D eigenvalue weighted by Crippen LogP contribution is 2.33. The topological polar surface area (TPSA) is 166 Å². The quantitative estimate of drug-likeness (QED) is 0.0959. The summed E-state index contributed by atoms with van der Waals surface area (Å²) in [6, 6.07) is 18.2. The van der Waals surface area contributed by atoms with Crippen molar-refractivity contribution < 1.29 is 37.9 Å². The van der Waals surface area contributed by atoms with Crippen LogP contribution in [0.15, 0.2) is 97.1 Å². The Morgan fingerprint density at radius 3 is 1.58 bits per heavy atom. The van der Waals surface area contributed by atoms with Crippen LogP contribution in [0.25, 0.3) is 0 Å². The Labute approximate surface area is 386 Å². The Balaban J connectivity index is 0.000000194. The third-order valence-corrected chi connectivity index (χ3v) is 12.4.